The van der Waals surface area contributed by atoms with Crippen molar-refractivity contribution in [1.82, 2.24) is 10.3 Å². The van der Waals surface area contributed by atoms with E-state index in [4.69, 9.17) is 4.74 Å². The number of ether oxygens (including phenoxy) is 1. The van der Waals surface area contributed by atoms with Crippen molar-refractivity contribution < 1.29 is 9.53 Å². The molecule has 1 heterocycles. The van der Waals surface area contributed by atoms with Crippen LogP contribution in [0.4, 0.5) is 0 Å². The number of aromatic nitrogens is 1. The number of carbonyl (C=O) groups excluding carboxylic acids is 1. The SMILES string of the molecule is COc1ccc([C@H](NC(=O)c2cc3ccccc3c(=O)[nH]2)C2CC2)cc1. The number of rotatable bonds is 5. The fourth-order valence-electron chi connectivity index (χ4n) is 3.27. The van der Waals surface area contributed by atoms with Crippen LogP contribution in [0, 0.1) is 5.92 Å². The summed E-state index contributed by atoms with van der Waals surface area (Å²) in [4.78, 5) is 27.7. The van der Waals surface area contributed by atoms with Crippen molar-refractivity contribution >= 4 is 16.7 Å². The average molecular weight is 348 g/mol. The van der Waals surface area contributed by atoms with Crippen molar-refractivity contribution in [3.63, 3.8) is 0 Å². The number of fused-ring (bicyclic) bond motifs is 1. The lowest BCUT2D eigenvalue weighted by Gasteiger charge is -2.19. The zero-order valence-electron chi connectivity index (χ0n) is 14.5. The number of nitrogens with one attached hydrogen (secondary N) is 2. The number of pyridine rings is 1. The van der Waals surface area contributed by atoms with Gasteiger partial charge in [0.15, 0.2) is 0 Å². The van der Waals surface area contributed by atoms with Crippen LogP contribution in [0.25, 0.3) is 10.8 Å². The molecule has 0 saturated heterocycles. The van der Waals surface area contributed by atoms with Gasteiger partial charge in [-0.05, 0) is 54.0 Å². The number of methoxy groups -OCH3 is 1. The van der Waals surface area contributed by atoms with Crippen LogP contribution in [0.3, 0.4) is 0 Å². The highest BCUT2D eigenvalue weighted by atomic mass is 16.5. The molecule has 1 fully saturated rings. The first-order valence-corrected chi connectivity index (χ1v) is 8.72. The molecule has 1 aromatic heterocycles. The van der Waals surface area contributed by atoms with Crippen LogP contribution in [-0.2, 0) is 0 Å². The van der Waals surface area contributed by atoms with Crippen LogP contribution in [0.5, 0.6) is 5.75 Å². The van der Waals surface area contributed by atoms with Crippen LogP contribution in [-0.4, -0.2) is 18.0 Å². The maximum atomic E-state index is 12.8. The molecule has 1 aliphatic carbocycles. The van der Waals surface area contributed by atoms with Crippen molar-refractivity contribution in [2.24, 2.45) is 5.92 Å². The molecule has 5 heteroatoms. The highest BCUT2D eigenvalue weighted by Gasteiger charge is 2.33. The second-order valence-electron chi connectivity index (χ2n) is 6.66. The summed E-state index contributed by atoms with van der Waals surface area (Å²) in [6.45, 7) is 0. The van der Waals surface area contributed by atoms with Crippen LogP contribution in [0.1, 0.15) is 34.9 Å². The molecule has 0 spiro atoms. The Morgan fingerprint density at radius 3 is 2.58 bits per heavy atom. The van der Waals surface area contributed by atoms with Crippen LogP contribution in [0.15, 0.2) is 59.4 Å². The van der Waals surface area contributed by atoms with E-state index in [0.717, 1.165) is 29.5 Å². The summed E-state index contributed by atoms with van der Waals surface area (Å²) in [5.74, 6) is 0.952. The average Bonchev–Trinajstić information content (AvgIpc) is 3.51. The van der Waals surface area contributed by atoms with Gasteiger partial charge in [-0.15, -0.1) is 0 Å². The summed E-state index contributed by atoms with van der Waals surface area (Å²) in [5.41, 5.74) is 1.08. The number of carbonyl (C=O) groups is 1. The van der Waals surface area contributed by atoms with Gasteiger partial charge in [-0.25, -0.2) is 0 Å². The van der Waals surface area contributed by atoms with Crippen LogP contribution in [0.2, 0.25) is 0 Å². The van der Waals surface area contributed by atoms with Gasteiger partial charge in [-0.3, -0.25) is 9.59 Å². The first kappa shape index (κ1) is 16.4. The predicted octanol–water partition coefficient (Wildman–Crippen LogP) is 3.42. The molecular weight excluding hydrogens is 328 g/mol. The van der Waals surface area contributed by atoms with Gasteiger partial charge in [0.2, 0.25) is 0 Å². The van der Waals surface area contributed by atoms with Gasteiger partial charge in [0.25, 0.3) is 11.5 Å². The number of benzene rings is 2. The van der Waals surface area contributed by atoms with E-state index in [9.17, 15) is 9.59 Å². The minimum Gasteiger partial charge on any atom is -0.497 e. The highest BCUT2D eigenvalue weighted by Crippen LogP contribution is 2.41. The van der Waals surface area contributed by atoms with E-state index in [1.165, 1.54) is 0 Å². The summed E-state index contributed by atoms with van der Waals surface area (Å²) >= 11 is 0. The Labute approximate surface area is 151 Å². The summed E-state index contributed by atoms with van der Waals surface area (Å²) in [5, 5.41) is 4.43. The van der Waals surface area contributed by atoms with E-state index >= 15 is 0 Å². The zero-order chi connectivity index (χ0) is 18.1. The van der Waals surface area contributed by atoms with Crippen molar-refractivity contribution in [1.29, 1.82) is 0 Å². The Balaban J connectivity index is 1.61. The summed E-state index contributed by atoms with van der Waals surface area (Å²) in [6.07, 6.45) is 2.18. The smallest absolute Gasteiger partial charge is 0.268 e. The molecule has 1 amide bonds. The van der Waals surface area contributed by atoms with Crippen LogP contribution >= 0.6 is 0 Å². The van der Waals surface area contributed by atoms with Gasteiger partial charge in [0.05, 0.1) is 13.2 Å². The molecule has 0 unspecified atom stereocenters. The Hall–Kier alpha value is -3.08. The first-order chi connectivity index (χ1) is 12.7. The molecule has 1 aliphatic rings. The van der Waals surface area contributed by atoms with Gasteiger partial charge in [0, 0.05) is 5.39 Å². The second kappa shape index (κ2) is 6.67. The molecule has 132 valence electrons. The van der Waals surface area contributed by atoms with Gasteiger partial charge in [0.1, 0.15) is 11.4 Å². The predicted molar refractivity (Wildman–Crippen MR) is 100 cm³/mol. The molecule has 5 nitrogen and oxygen atoms in total. The van der Waals surface area contributed by atoms with E-state index in [1.54, 1.807) is 19.2 Å². The van der Waals surface area contributed by atoms with Crippen molar-refractivity contribution in [3.05, 3.63) is 76.2 Å². The third-order valence-corrected chi connectivity index (χ3v) is 4.85. The first-order valence-electron chi connectivity index (χ1n) is 8.72. The molecule has 4 rings (SSSR count). The van der Waals surface area contributed by atoms with E-state index < -0.39 is 0 Å². The molecular formula is C21H20N2O3. The minimum absolute atomic E-state index is 0.0663. The molecule has 0 bridgehead atoms. The Morgan fingerprint density at radius 1 is 1.15 bits per heavy atom. The molecule has 0 radical (unpaired) electrons. The van der Waals surface area contributed by atoms with Crippen LogP contribution < -0.4 is 15.6 Å². The molecule has 1 atom stereocenters. The third kappa shape index (κ3) is 3.20. The number of aromatic amines is 1. The lowest BCUT2D eigenvalue weighted by molar-refractivity contribution is 0.0926. The monoisotopic (exact) mass is 348 g/mol. The van der Waals surface area contributed by atoms with Gasteiger partial charge in [-0.1, -0.05) is 30.3 Å². The normalized spacial score (nSPS) is 14.8. The Morgan fingerprint density at radius 2 is 1.88 bits per heavy atom. The number of amides is 1. The van der Waals surface area contributed by atoms with Gasteiger partial charge >= 0.3 is 0 Å². The molecule has 0 aliphatic heterocycles. The van der Waals surface area contributed by atoms with E-state index in [2.05, 4.69) is 10.3 Å². The van der Waals surface area contributed by atoms with E-state index in [-0.39, 0.29) is 23.2 Å². The lowest BCUT2D eigenvalue weighted by Crippen LogP contribution is -2.31. The second-order valence-corrected chi connectivity index (χ2v) is 6.66. The van der Waals surface area contributed by atoms with Crippen molar-refractivity contribution in [2.45, 2.75) is 18.9 Å². The quantitative estimate of drug-likeness (QED) is 0.742. The van der Waals surface area contributed by atoms with E-state index in [0.29, 0.717) is 11.3 Å². The summed E-state index contributed by atoms with van der Waals surface area (Å²) in [7, 11) is 1.63. The fraction of sp³-hybridized carbons (Fsp3) is 0.238. The maximum Gasteiger partial charge on any atom is 0.268 e. The fourth-order valence-corrected chi connectivity index (χ4v) is 3.27. The molecule has 1 saturated carbocycles. The molecule has 26 heavy (non-hydrogen) atoms. The largest absolute Gasteiger partial charge is 0.497 e. The number of hydrogen-bond donors (Lipinski definition) is 2. The number of hydrogen-bond acceptors (Lipinski definition) is 3. The third-order valence-electron chi connectivity index (χ3n) is 4.85. The number of H-pyrrole nitrogens is 1. The summed E-state index contributed by atoms with van der Waals surface area (Å²) < 4.78 is 5.20. The van der Waals surface area contributed by atoms with Crippen molar-refractivity contribution in [3.8, 4) is 5.75 Å². The lowest BCUT2D eigenvalue weighted by atomic mass is 10.0. The summed E-state index contributed by atoms with van der Waals surface area (Å²) in [6, 6.07) is 16.7. The van der Waals surface area contributed by atoms with E-state index in [1.807, 2.05) is 42.5 Å². The Bertz CT molecular complexity index is 1000. The van der Waals surface area contributed by atoms with Crippen molar-refractivity contribution in [2.75, 3.05) is 7.11 Å². The van der Waals surface area contributed by atoms with Gasteiger partial charge in [-0.2, -0.15) is 0 Å². The zero-order valence-corrected chi connectivity index (χ0v) is 14.5. The minimum atomic E-state index is -0.263. The topological polar surface area (TPSA) is 71.2 Å². The molecule has 2 N–H and O–H groups in total. The van der Waals surface area contributed by atoms with Gasteiger partial charge < -0.3 is 15.0 Å². The maximum absolute atomic E-state index is 12.8. The standard InChI is InChI=1S/C21H20N2O3/c1-26-16-10-8-14(9-11-16)19(13-6-7-13)23-21(25)18-12-15-4-2-3-5-17(15)20(24)22-18/h2-5,8-13,19H,6-7H2,1H3,(H,22,24)(H,23,25)/t19-/m1/s1. The molecule has 2 aromatic carbocycles. The Kier molecular flexibility index (Phi) is 4.21. The highest BCUT2D eigenvalue weighted by molar-refractivity contribution is 5.96. The molecule has 3 aromatic rings.